The van der Waals surface area contributed by atoms with E-state index in [0.717, 1.165) is 34.9 Å². The minimum absolute atomic E-state index is 0.720. The molecule has 0 aromatic heterocycles. The monoisotopic (exact) mass is 274 g/mol. The van der Waals surface area contributed by atoms with Gasteiger partial charge in [0.05, 0.1) is 0 Å². The number of hydrogen-bond acceptors (Lipinski definition) is 1. The maximum atomic E-state index is 11.4. The van der Waals surface area contributed by atoms with Gasteiger partial charge in [0.1, 0.15) is 0 Å². The first-order chi connectivity index (χ1) is 7.13. The molecule has 3 heteroatoms. The SMILES string of the molecule is CCc1cc(CC)c([Se](=O)O)c(CC)c1. The van der Waals surface area contributed by atoms with Crippen molar-refractivity contribution < 1.29 is 8.02 Å². The van der Waals surface area contributed by atoms with Gasteiger partial charge in [0.2, 0.25) is 0 Å². The Bertz CT molecular complexity index is 347. The molecule has 0 aliphatic heterocycles. The van der Waals surface area contributed by atoms with Gasteiger partial charge in [0.15, 0.2) is 0 Å². The number of aryl methyl sites for hydroxylation is 3. The van der Waals surface area contributed by atoms with Crippen LogP contribution in [0, 0.1) is 0 Å². The second kappa shape index (κ2) is 5.55. The van der Waals surface area contributed by atoms with Crippen LogP contribution in [0.3, 0.4) is 0 Å². The molecule has 0 aliphatic rings. The third kappa shape index (κ3) is 2.75. The van der Waals surface area contributed by atoms with Gasteiger partial charge in [0, 0.05) is 0 Å². The first-order valence-electron chi connectivity index (χ1n) is 5.39. The van der Waals surface area contributed by atoms with E-state index in [-0.39, 0.29) is 0 Å². The van der Waals surface area contributed by atoms with E-state index >= 15 is 0 Å². The minimum atomic E-state index is -2.79. The molecule has 0 amide bonds. The Balaban J connectivity index is 3.39. The summed E-state index contributed by atoms with van der Waals surface area (Å²) in [6.07, 6.45) is 2.65. The average Bonchev–Trinajstić information content (AvgIpc) is 2.26. The average molecular weight is 273 g/mol. The van der Waals surface area contributed by atoms with Crippen molar-refractivity contribution in [3.63, 3.8) is 0 Å². The Kier molecular flexibility index (Phi) is 4.65. The van der Waals surface area contributed by atoms with Gasteiger partial charge < -0.3 is 0 Å². The molecule has 0 aliphatic carbocycles. The Morgan fingerprint density at radius 2 is 1.53 bits per heavy atom. The van der Waals surface area contributed by atoms with Crippen molar-refractivity contribution >= 4 is 18.6 Å². The van der Waals surface area contributed by atoms with Crippen LogP contribution < -0.4 is 4.46 Å². The number of benzene rings is 1. The van der Waals surface area contributed by atoms with Crippen LogP contribution in [-0.2, 0) is 23.1 Å². The van der Waals surface area contributed by atoms with Gasteiger partial charge in [-0.2, -0.15) is 0 Å². The molecular weight excluding hydrogens is 255 g/mol. The fourth-order valence-electron chi connectivity index (χ4n) is 1.78. The van der Waals surface area contributed by atoms with E-state index in [2.05, 4.69) is 19.1 Å². The van der Waals surface area contributed by atoms with Crippen LogP contribution in [0.2, 0.25) is 0 Å². The summed E-state index contributed by atoms with van der Waals surface area (Å²) < 4.78 is 21.5. The van der Waals surface area contributed by atoms with Crippen molar-refractivity contribution in [1.29, 1.82) is 0 Å². The van der Waals surface area contributed by atoms with E-state index in [4.69, 9.17) is 0 Å². The first kappa shape index (κ1) is 12.6. The van der Waals surface area contributed by atoms with E-state index in [0.29, 0.717) is 0 Å². The zero-order chi connectivity index (χ0) is 11.4. The van der Waals surface area contributed by atoms with Crippen molar-refractivity contribution in [3.8, 4) is 0 Å². The topological polar surface area (TPSA) is 37.3 Å². The molecular formula is C12H18O2Se. The van der Waals surface area contributed by atoms with Crippen LogP contribution in [-0.4, -0.2) is 18.4 Å². The fourth-order valence-corrected chi connectivity index (χ4v) is 3.57. The summed E-state index contributed by atoms with van der Waals surface area (Å²) in [4.78, 5) is 0. The summed E-state index contributed by atoms with van der Waals surface area (Å²) in [5.74, 6) is 0. The van der Waals surface area contributed by atoms with Gasteiger partial charge in [0.25, 0.3) is 0 Å². The van der Waals surface area contributed by atoms with Crippen molar-refractivity contribution in [2.75, 3.05) is 0 Å². The number of rotatable bonds is 4. The molecule has 0 spiro atoms. The number of hydrogen-bond donors (Lipinski definition) is 1. The Labute approximate surface area is 95.7 Å². The second-order valence-corrected chi connectivity index (χ2v) is 5.46. The zero-order valence-electron chi connectivity index (χ0n) is 9.54. The van der Waals surface area contributed by atoms with Gasteiger partial charge in [-0.15, -0.1) is 0 Å². The molecule has 1 rings (SSSR count). The van der Waals surface area contributed by atoms with E-state index in [1.807, 2.05) is 13.8 Å². The van der Waals surface area contributed by atoms with E-state index < -0.39 is 14.2 Å². The zero-order valence-corrected chi connectivity index (χ0v) is 11.3. The summed E-state index contributed by atoms with van der Waals surface area (Å²) in [6, 6.07) is 4.14. The molecule has 1 unspecified atom stereocenters. The molecule has 1 atom stereocenters. The van der Waals surface area contributed by atoms with Crippen LogP contribution in [0.1, 0.15) is 37.5 Å². The van der Waals surface area contributed by atoms with Gasteiger partial charge in [-0.3, -0.25) is 0 Å². The molecule has 1 aromatic carbocycles. The molecule has 2 nitrogen and oxygen atoms in total. The van der Waals surface area contributed by atoms with E-state index in [1.165, 1.54) is 5.56 Å². The Morgan fingerprint density at radius 3 is 1.80 bits per heavy atom. The van der Waals surface area contributed by atoms with Crippen LogP contribution in [0.5, 0.6) is 0 Å². The summed E-state index contributed by atoms with van der Waals surface area (Å²) >= 11 is -2.79. The van der Waals surface area contributed by atoms with Crippen LogP contribution in [0.4, 0.5) is 0 Å². The Morgan fingerprint density at radius 1 is 1.07 bits per heavy atom. The molecule has 0 saturated carbocycles. The second-order valence-electron chi connectivity index (χ2n) is 3.55. The van der Waals surface area contributed by atoms with Crippen molar-refractivity contribution in [3.05, 3.63) is 28.8 Å². The Hall–Kier alpha value is -0.501. The van der Waals surface area contributed by atoms with Crippen molar-refractivity contribution in [1.82, 2.24) is 0 Å². The summed E-state index contributed by atoms with van der Waals surface area (Å²) in [6.45, 7) is 6.18. The molecule has 84 valence electrons. The van der Waals surface area contributed by atoms with E-state index in [9.17, 15) is 8.02 Å². The molecule has 0 bridgehead atoms. The van der Waals surface area contributed by atoms with Gasteiger partial charge in [-0.1, -0.05) is 0 Å². The molecule has 1 N–H and O–H groups in total. The van der Waals surface area contributed by atoms with Crippen molar-refractivity contribution in [2.24, 2.45) is 0 Å². The van der Waals surface area contributed by atoms with Gasteiger partial charge in [-0.25, -0.2) is 0 Å². The third-order valence-electron chi connectivity index (χ3n) is 2.65. The molecule has 0 radical (unpaired) electrons. The standard InChI is InChI=1S/C12H18O2Se/c1-4-9-7-10(5-2)12(15(13)14)11(6-3)8-9/h7-8H,4-6H2,1-3H3,(H,13,14). The molecule has 0 heterocycles. The van der Waals surface area contributed by atoms with Gasteiger partial charge >= 0.3 is 95.5 Å². The van der Waals surface area contributed by atoms with Crippen molar-refractivity contribution in [2.45, 2.75) is 40.0 Å². The molecule has 0 fully saturated rings. The summed E-state index contributed by atoms with van der Waals surface area (Å²) in [7, 11) is 0. The normalized spacial score (nSPS) is 12.8. The summed E-state index contributed by atoms with van der Waals surface area (Å²) in [5, 5.41) is 0. The van der Waals surface area contributed by atoms with E-state index in [1.54, 1.807) is 0 Å². The molecule has 0 saturated heterocycles. The maximum absolute atomic E-state index is 11.4. The van der Waals surface area contributed by atoms with Crippen LogP contribution in [0.15, 0.2) is 12.1 Å². The van der Waals surface area contributed by atoms with Crippen LogP contribution >= 0.6 is 0 Å². The quantitative estimate of drug-likeness (QED) is 0.844. The van der Waals surface area contributed by atoms with Crippen LogP contribution in [0.25, 0.3) is 0 Å². The predicted molar refractivity (Wildman–Crippen MR) is 62.9 cm³/mol. The first-order valence-corrected chi connectivity index (χ1v) is 7.71. The predicted octanol–water partition coefficient (Wildman–Crippen LogP) is 1.49. The molecule has 1 aromatic rings. The van der Waals surface area contributed by atoms with Gasteiger partial charge in [-0.05, 0) is 0 Å². The third-order valence-corrected chi connectivity index (χ3v) is 4.48. The summed E-state index contributed by atoms with van der Waals surface area (Å²) in [5.41, 5.74) is 3.36. The molecule has 15 heavy (non-hydrogen) atoms. The fraction of sp³-hybridized carbons (Fsp3) is 0.500.